The van der Waals surface area contributed by atoms with E-state index < -0.39 is 15.7 Å². The summed E-state index contributed by atoms with van der Waals surface area (Å²) in [4.78, 5) is 0. The Morgan fingerprint density at radius 3 is 1.26 bits per heavy atom. The second kappa shape index (κ2) is 16.6. The molecule has 1 aliphatic rings. The number of phenols is 1. The normalized spacial score (nSPS) is 22.5. The third-order valence-corrected chi connectivity index (χ3v) is 10.1. The fourth-order valence-corrected chi connectivity index (χ4v) is 7.30. The van der Waals surface area contributed by atoms with Gasteiger partial charge in [-0.05, 0) is 66.8 Å². The molecule has 0 heterocycles. The molecule has 0 amide bonds. The summed E-state index contributed by atoms with van der Waals surface area (Å²) in [6.45, 7) is 14.6. The predicted molar refractivity (Wildman–Crippen MR) is 167 cm³/mol. The summed E-state index contributed by atoms with van der Waals surface area (Å²) < 4.78 is 64.7. The zero-order valence-electron chi connectivity index (χ0n) is 25.5. The molecular formula is C31H44F6NO2P2Rh+. The van der Waals surface area contributed by atoms with Crippen LogP contribution in [0.1, 0.15) is 41.5 Å². The van der Waals surface area contributed by atoms with E-state index in [1.807, 2.05) is 49.4 Å². The van der Waals surface area contributed by atoms with Crippen LogP contribution in [0.5, 0.6) is 11.5 Å². The van der Waals surface area contributed by atoms with Crippen LogP contribution in [0, 0.1) is 29.6 Å². The molecule has 12 heteroatoms. The standard InChI is InChI=1S/C19H17O2P.C10H20.C2H7N.F6P.Rh/c1-21-18-14-8-13-17(20)19(18)22(15-9-4-2-5-10-15)16-11-6-3-7-12-16;1-6-7(2)9(4)10(5)8(6)3;1-2-3;1-7(2,3,4,5)6;/h2-14,20H,1H3;6-10H,1-5H3;2-3H2,1H3;;/q;;;-1;+2. The van der Waals surface area contributed by atoms with Gasteiger partial charge in [0.05, 0.1) is 12.4 Å². The van der Waals surface area contributed by atoms with Crippen molar-refractivity contribution in [3.63, 3.8) is 0 Å². The monoisotopic (exact) mass is 741 g/mol. The van der Waals surface area contributed by atoms with Crippen LogP contribution in [-0.2, 0) is 19.5 Å². The van der Waals surface area contributed by atoms with Crippen molar-refractivity contribution in [3.05, 3.63) is 78.9 Å². The van der Waals surface area contributed by atoms with Gasteiger partial charge in [0.15, 0.2) is 0 Å². The molecule has 1 radical (unpaired) electrons. The number of aromatic hydroxyl groups is 1. The Labute approximate surface area is 266 Å². The molecule has 1 aliphatic carbocycles. The zero-order valence-corrected chi connectivity index (χ0v) is 29.0. The average Bonchev–Trinajstić information content (AvgIpc) is 3.07. The van der Waals surface area contributed by atoms with E-state index >= 15 is 0 Å². The van der Waals surface area contributed by atoms with Gasteiger partial charge in [0.2, 0.25) is 0 Å². The Morgan fingerprint density at radius 1 is 0.674 bits per heavy atom. The first kappa shape index (κ1) is 41.3. The SMILES string of the molecule is CC1C(C)C(C)C(C)C1C.CCN.COc1cccc(O)c1P(c1ccccc1)c1ccccc1.F[P-](F)(F)(F)(F)F.[Rh+2]. The summed E-state index contributed by atoms with van der Waals surface area (Å²) in [5.41, 5.74) is 4.85. The van der Waals surface area contributed by atoms with Crippen molar-refractivity contribution in [2.24, 2.45) is 35.3 Å². The third kappa shape index (κ3) is 15.2. The molecule has 1 fully saturated rings. The van der Waals surface area contributed by atoms with Crippen LogP contribution in [0.25, 0.3) is 0 Å². The molecule has 0 spiro atoms. The second-order valence-electron chi connectivity index (χ2n) is 10.5. The molecule has 0 unspecified atom stereocenters. The van der Waals surface area contributed by atoms with Gasteiger partial charge >= 0.3 is 52.5 Å². The largest absolute Gasteiger partial charge is 2.00 e. The summed E-state index contributed by atoms with van der Waals surface area (Å²) in [5.74, 6) is 5.67. The topological polar surface area (TPSA) is 55.5 Å². The molecule has 4 rings (SSSR count). The molecule has 43 heavy (non-hydrogen) atoms. The van der Waals surface area contributed by atoms with E-state index in [1.165, 1.54) is 10.6 Å². The van der Waals surface area contributed by atoms with E-state index in [4.69, 9.17) is 10.5 Å². The van der Waals surface area contributed by atoms with Crippen molar-refractivity contribution in [2.45, 2.75) is 41.5 Å². The summed E-state index contributed by atoms with van der Waals surface area (Å²) >= 11 is 0. The van der Waals surface area contributed by atoms with E-state index in [-0.39, 0.29) is 25.2 Å². The summed E-state index contributed by atoms with van der Waals surface area (Å²) in [6, 6.07) is 26.0. The average molecular weight is 742 g/mol. The number of benzene rings is 3. The second-order valence-corrected chi connectivity index (χ2v) is 14.6. The van der Waals surface area contributed by atoms with Gasteiger partial charge in [-0.25, -0.2) is 0 Å². The van der Waals surface area contributed by atoms with Crippen molar-refractivity contribution >= 4 is 31.6 Å². The number of nitrogens with two attached hydrogens (primary N) is 1. The number of hydrogen-bond acceptors (Lipinski definition) is 3. The van der Waals surface area contributed by atoms with Crippen LogP contribution in [0.4, 0.5) is 25.2 Å². The Bertz CT molecular complexity index is 1130. The Kier molecular flexibility index (Phi) is 15.9. The molecule has 0 aliphatic heterocycles. The van der Waals surface area contributed by atoms with Gasteiger partial charge < -0.3 is 15.6 Å². The molecule has 3 N–H and O–H groups in total. The third-order valence-electron chi connectivity index (χ3n) is 7.60. The maximum Gasteiger partial charge on any atom is 2.00 e. The molecule has 0 atom stereocenters. The number of hydrogen-bond donors (Lipinski definition) is 2. The van der Waals surface area contributed by atoms with Crippen molar-refractivity contribution in [3.8, 4) is 11.5 Å². The molecule has 1 saturated carbocycles. The minimum absolute atomic E-state index is 0. The van der Waals surface area contributed by atoms with Crippen LogP contribution in [0.3, 0.4) is 0 Å². The summed E-state index contributed by atoms with van der Waals surface area (Å²) in [6.07, 6.45) is 0. The van der Waals surface area contributed by atoms with Crippen molar-refractivity contribution in [2.75, 3.05) is 13.7 Å². The molecule has 0 aromatic heterocycles. The van der Waals surface area contributed by atoms with Crippen LogP contribution >= 0.6 is 15.7 Å². The maximum absolute atomic E-state index is 10.7. The molecule has 0 saturated heterocycles. The fourth-order valence-electron chi connectivity index (χ4n) is 4.86. The molecule has 3 aromatic carbocycles. The molecule has 0 bridgehead atoms. The Hall–Kier alpha value is -1.72. The quantitative estimate of drug-likeness (QED) is 0.159. The van der Waals surface area contributed by atoms with Gasteiger partial charge in [-0.15, -0.1) is 0 Å². The van der Waals surface area contributed by atoms with Crippen molar-refractivity contribution in [1.82, 2.24) is 0 Å². The van der Waals surface area contributed by atoms with Crippen molar-refractivity contribution in [1.29, 1.82) is 0 Å². The van der Waals surface area contributed by atoms with Gasteiger partial charge in [-0.1, -0.05) is 108 Å². The van der Waals surface area contributed by atoms with Crippen LogP contribution in [-0.4, -0.2) is 18.8 Å². The Balaban J connectivity index is 0.000000698. The van der Waals surface area contributed by atoms with E-state index in [2.05, 4.69) is 58.9 Å². The number of rotatable bonds is 4. The molecule has 3 nitrogen and oxygen atoms in total. The van der Waals surface area contributed by atoms with E-state index in [1.54, 1.807) is 19.2 Å². The van der Waals surface area contributed by atoms with Gasteiger partial charge in [-0.3, -0.25) is 0 Å². The Morgan fingerprint density at radius 2 is 0.977 bits per heavy atom. The van der Waals surface area contributed by atoms with Crippen LogP contribution in [0.15, 0.2) is 78.9 Å². The number of phenolic OH excluding ortho intramolecular Hbond substituents is 1. The minimum atomic E-state index is -10.7. The first-order valence-corrected chi connectivity index (χ1v) is 17.1. The summed E-state index contributed by atoms with van der Waals surface area (Å²) in [7, 11) is -9.89. The molecule has 245 valence electrons. The van der Waals surface area contributed by atoms with Crippen LogP contribution in [0.2, 0.25) is 0 Å². The van der Waals surface area contributed by atoms with E-state index in [0.29, 0.717) is 0 Å². The number of ether oxygens (including phenoxy) is 1. The van der Waals surface area contributed by atoms with E-state index in [9.17, 15) is 30.3 Å². The van der Waals surface area contributed by atoms with Gasteiger partial charge in [0.1, 0.15) is 11.5 Å². The number of halogens is 6. The number of methoxy groups -OCH3 is 1. The maximum atomic E-state index is 10.5. The molecule has 3 aromatic rings. The first-order chi connectivity index (χ1) is 19.2. The predicted octanol–water partition coefficient (Wildman–Crippen LogP) is 9.68. The van der Waals surface area contributed by atoms with Gasteiger partial charge in [0, 0.05) is 0 Å². The van der Waals surface area contributed by atoms with Crippen LogP contribution < -0.4 is 26.4 Å². The summed E-state index contributed by atoms with van der Waals surface area (Å²) in [5, 5.41) is 13.7. The van der Waals surface area contributed by atoms with Gasteiger partial charge in [0.25, 0.3) is 0 Å². The minimum Gasteiger partial charge on any atom is 2.00 e. The van der Waals surface area contributed by atoms with Crippen molar-refractivity contribution < 1.29 is 54.5 Å². The first-order valence-electron chi connectivity index (χ1n) is 13.8. The smallest absolute Gasteiger partial charge is 2.00 e. The van der Waals surface area contributed by atoms with Gasteiger partial charge in [-0.2, -0.15) is 0 Å². The van der Waals surface area contributed by atoms with E-state index in [0.717, 1.165) is 47.2 Å². The fraction of sp³-hybridized carbons (Fsp3) is 0.419. The molecular weight excluding hydrogens is 697 g/mol. The zero-order chi connectivity index (χ0) is 32.4.